The molecule has 0 bridgehead atoms. The highest BCUT2D eigenvalue weighted by molar-refractivity contribution is 6.31. The van der Waals surface area contributed by atoms with Gasteiger partial charge in [-0.05, 0) is 47.7 Å². The van der Waals surface area contributed by atoms with Crippen LogP contribution in [0.15, 0.2) is 55.1 Å². The van der Waals surface area contributed by atoms with Crippen LogP contribution in [-0.2, 0) is 19.3 Å². The molecule has 0 aliphatic rings. The molecule has 130 valence electrons. The molecule has 0 saturated carbocycles. The fourth-order valence-electron chi connectivity index (χ4n) is 2.93. The molecule has 0 saturated heterocycles. The largest absolute Gasteiger partial charge is 0.346 e. The lowest BCUT2D eigenvalue weighted by atomic mass is 10.1. The van der Waals surface area contributed by atoms with Gasteiger partial charge in [0.1, 0.15) is 5.65 Å². The molecule has 0 atom stereocenters. The van der Waals surface area contributed by atoms with Crippen LogP contribution >= 0.6 is 11.6 Å². The Balaban J connectivity index is 1.43. The summed E-state index contributed by atoms with van der Waals surface area (Å²) in [5, 5.41) is 1.66. The van der Waals surface area contributed by atoms with Gasteiger partial charge in [0.05, 0.1) is 5.02 Å². The third-order valence-corrected chi connectivity index (χ3v) is 4.53. The fraction of sp³-hybridized carbons (Fsp3) is 0.150. The molecule has 0 spiro atoms. The number of nitrogens with one attached hydrogen (secondary N) is 1. The fourth-order valence-corrected chi connectivity index (χ4v) is 3.09. The number of aromatic nitrogens is 4. The van der Waals surface area contributed by atoms with Crippen LogP contribution in [0.3, 0.4) is 0 Å². The predicted octanol–water partition coefficient (Wildman–Crippen LogP) is 4.52. The Morgan fingerprint density at radius 3 is 2.54 bits per heavy atom. The van der Waals surface area contributed by atoms with Gasteiger partial charge in [-0.1, -0.05) is 23.7 Å². The molecule has 0 amide bonds. The van der Waals surface area contributed by atoms with Crippen molar-refractivity contribution in [2.45, 2.75) is 19.3 Å². The molecule has 4 heterocycles. The minimum Gasteiger partial charge on any atom is -0.346 e. The van der Waals surface area contributed by atoms with E-state index in [0.29, 0.717) is 5.02 Å². The predicted molar refractivity (Wildman–Crippen MR) is 99.7 cm³/mol. The van der Waals surface area contributed by atoms with Crippen LogP contribution in [0.25, 0.3) is 11.0 Å². The number of hydrogen-bond acceptors (Lipinski definition) is 3. The van der Waals surface area contributed by atoms with Gasteiger partial charge in [0, 0.05) is 42.3 Å². The van der Waals surface area contributed by atoms with Crippen molar-refractivity contribution >= 4 is 22.6 Å². The van der Waals surface area contributed by atoms with Crippen molar-refractivity contribution in [2.24, 2.45) is 0 Å². The number of rotatable bonds is 5. The lowest BCUT2D eigenvalue weighted by molar-refractivity contribution is 0.582. The number of aryl methyl sites for hydroxylation is 2. The van der Waals surface area contributed by atoms with Crippen LogP contribution in [0.4, 0.5) is 4.39 Å². The first-order valence-electron chi connectivity index (χ1n) is 8.33. The number of pyridine rings is 3. The quantitative estimate of drug-likeness (QED) is 0.528. The van der Waals surface area contributed by atoms with Crippen molar-refractivity contribution in [1.29, 1.82) is 0 Å². The van der Waals surface area contributed by atoms with Gasteiger partial charge in [0.25, 0.3) is 0 Å². The van der Waals surface area contributed by atoms with Gasteiger partial charge < -0.3 is 4.98 Å². The van der Waals surface area contributed by atoms with Gasteiger partial charge in [-0.15, -0.1) is 0 Å². The van der Waals surface area contributed by atoms with Crippen molar-refractivity contribution in [1.82, 2.24) is 19.9 Å². The Morgan fingerprint density at radius 1 is 0.923 bits per heavy atom. The van der Waals surface area contributed by atoms with Crippen molar-refractivity contribution in [2.75, 3.05) is 0 Å². The van der Waals surface area contributed by atoms with E-state index in [9.17, 15) is 4.39 Å². The summed E-state index contributed by atoms with van der Waals surface area (Å²) in [6, 6.07) is 9.18. The van der Waals surface area contributed by atoms with E-state index in [1.54, 1.807) is 18.5 Å². The SMILES string of the molecule is Fc1ccc(CCc2ccc(Cc3c[nH]c4ncc(Cl)cc34)cn2)cn1. The van der Waals surface area contributed by atoms with E-state index in [1.165, 1.54) is 6.07 Å². The Kier molecular flexibility index (Phi) is 4.63. The zero-order valence-electron chi connectivity index (χ0n) is 13.9. The van der Waals surface area contributed by atoms with Gasteiger partial charge in [-0.2, -0.15) is 4.39 Å². The molecule has 0 unspecified atom stereocenters. The molecule has 6 heteroatoms. The first kappa shape index (κ1) is 16.7. The molecule has 4 aromatic rings. The summed E-state index contributed by atoms with van der Waals surface area (Å²) in [5.74, 6) is -0.454. The third kappa shape index (κ3) is 3.73. The van der Waals surface area contributed by atoms with Gasteiger partial charge >= 0.3 is 0 Å². The number of aromatic amines is 1. The van der Waals surface area contributed by atoms with Crippen LogP contribution in [0, 0.1) is 5.95 Å². The highest BCUT2D eigenvalue weighted by Gasteiger charge is 2.07. The number of halogens is 2. The normalized spacial score (nSPS) is 11.2. The minimum atomic E-state index is -0.454. The van der Waals surface area contributed by atoms with Crippen molar-refractivity contribution in [3.63, 3.8) is 0 Å². The second kappa shape index (κ2) is 7.22. The highest BCUT2D eigenvalue weighted by atomic mass is 35.5. The summed E-state index contributed by atoms with van der Waals surface area (Å²) in [7, 11) is 0. The Bertz CT molecular complexity index is 1030. The maximum absolute atomic E-state index is 12.8. The Hall–Kier alpha value is -2.79. The second-order valence-corrected chi connectivity index (χ2v) is 6.62. The Morgan fingerprint density at radius 2 is 1.77 bits per heavy atom. The zero-order valence-corrected chi connectivity index (χ0v) is 14.7. The number of hydrogen-bond donors (Lipinski definition) is 1. The monoisotopic (exact) mass is 366 g/mol. The van der Waals surface area contributed by atoms with E-state index >= 15 is 0 Å². The van der Waals surface area contributed by atoms with Crippen LogP contribution in [0.1, 0.15) is 22.4 Å². The van der Waals surface area contributed by atoms with Gasteiger partial charge in [0.2, 0.25) is 5.95 Å². The smallest absolute Gasteiger partial charge is 0.212 e. The van der Waals surface area contributed by atoms with Gasteiger partial charge in [0.15, 0.2) is 0 Å². The average Bonchev–Trinajstić information content (AvgIpc) is 3.04. The first-order chi connectivity index (χ1) is 12.7. The van der Waals surface area contributed by atoms with Crippen LogP contribution in [0.5, 0.6) is 0 Å². The number of nitrogens with zero attached hydrogens (tertiary/aromatic N) is 3. The van der Waals surface area contributed by atoms with Crippen molar-refractivity contribution in [3.8, 4) is 0 Å². The van der Waals surface area contributed by atoms with Crippen LogP contribution in [-0.4, -0.2) is 19.9 Å². The van der Waals surface area contributed by atoms with Crippen molar-refractivity contribution in [3.05, 3.63) is 88.5 Å². The van der Waals surface area contributed by atoms with Crippen molar-refractivity contribution < 1.29 is 4.39 Å². The molecule has 0 fully saturated rings. The molecule has 0 aliphatic heterocycles. The molecule has 4 nitrogen and oxygen atoms in total. The summed E-state index contributed by atoms with van der Waals surface area (Å²) in [4.78, 5) is 15.7. The Labute approximate surface area is 155 Å². The molecule has 4 aromatic heterocycles. The van der Waals surface area contributed by atoms with Gasteiger partial charge in [-0.25, -0.2) is 9.97 Å². The molecule has 0 radical (unpaired) electrons. The molecule has 26 heavy (non-hydrogen) atoms. The lowest BCUT2D eigenvalue weighted by Crippen LogP contribution is -1.97. The summed E-state index contributed by atoms with van der Waals surface area (Å²) < 4.78 is 12.8. The van der Waals surface area contributed by atoms with E-state index in [4.69, 9.17) is 11.6 Å². The minimum absolute atomic E-state index is 0.454. The van der Waals surface area contributed by atoms with E-state index in [-0.39, 0.29) is 0 Å². The van der Waals surface area contributed by atoms with Crippen LogP contribution in [0.2, 0.25) is 5.02 Å². The maximum atomic E-state index is 12.8. The van der Waals surface area contributed by atoms with Gasteiger partial charge in [-0.3, -0.25) is 4.98 Å². The van der Waals surface area contributed by atoms with E-state index in [2.05, 4.69) is 26.0 Å². The molecule has 4 rings (SSSR count). The summed E-state index contributed by atoms with van der Waals surface area (Å²) >= 11 is 6.05. The number of H-pyrrole nitrogens is 1. The molecular formula is C20H16ClFN4. The topological polar surface area (TPSA) is 54.5 Å². The lowest BCUT2D eigenvalue weighted by Gasteiger charge is -2.04. The molecular weight excluding hydrogens is 351 g/mol. The van der Waals surface area contributed by atoms with Crippen LogP contribution < -0.4 is 0 Å². The third-order valence-electron chi connectivity index (χ3n) is 4.32. The highest BCUT2D eigenvalue weighted by Crippen LogP contribution is 2.22. The summed E-state index contributed by atoms with van der Waals surface area (Å²) in [5.41, 5.74) is 5.10. The summed E-state index contributed by atoms with van der Waals surface area (Å²) in [6.07, 6.45) is 9.40. The second-order valence-electron chi connectivity index (χ2n) is 6.19. The van der Waals surface area contributed by atoms with E-state index < -0.39 is 5.95 Å². The average molecular weight is 367 g/mol. The first-order valence-corrected chi connectivity index (χ1v) is 8.71. The maximum Gasteiger partial charge on any atom is 0.212 e. The van der Waals surface area contributed by atoms with E-state index in [1.807, 2.05) is 24.5 Å². The molecule has 0 aliphatic carbocycles. The van der Waals surface area contributed by atoms with E-state index in [0.717, 1.165) is 52.7 Å². The summed E-state index contributed by atoms with van der Waals surface area (Å²) in [6.45, 7) is 0. The number of fused-ring (bicyclic) bond motifs is 1. The molecule has 0 aromatic carbocycles. The standard InChI is InChI=1S/C20H16ClFN4/c21-16-8-18-15(11-25-20(18)26-12-16)7-14-2-5-17(23-10-14)4-1-13-3-6-19(22)24-9-13/h2-3,5-6,8-12H,1,4,7H2,(H,25,26). The molecule has 1 N–H and O–H groups in total. The zero-order chi connectivity index (χ0) is 17.9.